The monoisotopic (exact) mass is 440 g/mol. The molecule has 0 atom stereocenters. The van der Waals surface area contributed by atoms with E-state index in [0.717, 1.165) is 12.3 Å². The van der Waals surface area contributed by atoms with E-state index < -0.39 is 0 Å². The van der Waals surface area contributed by atoms with Crippen LogP contribution >= 0.6 is 0 Å². The third-order valence-corrected chi connectivity index (χ3v) is 4.99. The molecule has 0 saturated carbocycles. The van der Waals surface area contributed by atoms with Crippen LogP contribution in [0.4, 0.5) is 0 Å². The maximum absolute atomic E-state index is 2.46. The SMILES string of the molecule is CC[C-](C)C.CC[CH-]C(C)(C)C(C)(C)[CH-]C(C)C.C[C-](C)C(C)C.[V+2].[V+2]. The van der Waals surface area contributed by atoms with Crippen molar-refractivity contribution in [1.82, 2.24) is 0 Å². The molecular formula is C24H50V2. The van der Waals surface area contributed by atoms with Gasteiger partial charge in [-0.15, -0.1) is 0 Å². The van der Waals surface area contributed by atoms with Crippen molar-refractivity contribution in [3.63, 3.8) is 0 Å². The van der Waals surface area contributed by atoms with E-state index in [2.05, 4.69) is 110 Å². The molecule has 156 valence electrons. The van der Waals surface area contributed by atoms with Crippen LogP contribution in [0.15, 0.2) is 0 Å². The molecule has 0 aliphatic rings. The van der Waals surface area contributed by atoms with Crippen molar-refractivity contribution >= 4 is 0 Å². The van der Waals surface area contributed by atoms with E-state index in [9.17, 15) is 0 Å². The molecule has 0 aromatic heterocycles. The van der Waals surface area contributed by atoms with Gasteiger partial charge in [0, 0.05) is 0 Å². The molecule has 26 heavy (non-hydrogen) atoms. The van der Waals surface area contributed by atoms with Gasteiger partial charge in [0.2, 0.25) is 0 Å². The normalized spacial score (nSPS) is 11.3. The Labute approximate surface area is 193 Å². The molecule has 0 aliphatic carbocycles. The smallest absolute Gasteiger partial charge is 0.325 e. The van der Waals surface area contributed by atoms with Gasteiger partial charge in [0.25, 0.3) is 0 Å². The minimum absolute atomic E-state index is 0. The molecule has 0 fully saturated rings. The predicted molar refractivity (Wildman–Crippen MR) is 116 cm³/mol. The molecule has 0 saturated heterocycles. The molecule has 0 amide bonds. The zero-order valence-electron chi connectivity index (χ0n) is 20.6. The van der Waals surface area contributed by atoms with Gasteiger partial charge in [-0.2, -0.15) is 63.2 Å². The molecule has 0 aromatic carbocycles. The average molecular weight is 441 g/mol. The molecule has 0 heterocycles. The maximum Gasteiger partial charge on any atom is 2.00 e. The first kappa shape index (κ1) is 37.9. The number of hydrogen-bond acceptors (Lipinski definition) is 0. The fourth-order valence-corrected chi connectivity index (χ4v) is 1.82. The van der Waals surface area contributed by atoms with Gasteiger partial charge in [-0.3, -0.25) is 0 Å². The summed E-state index contributed by atoms with van der Waals surface area (Å²) in [6.45, 7) is 31.2. The van der Waals surface area contributed by atoms with Gasteiger partial charge in [-0.1, -0.05) is 69.2 Å². The summed E-state index contributed by atoms with van der Waals surface area (Å²) in [7, 11) is 0. The zero-order chi connectivity index (χ0) is 20.1. The Balaban J connectivity index is -0.0000000954. The van der Waals surface area contributed by atoms with Crippen LogP contribution in [0.2, 0.25) is 0 Å². The fourth-order valence-electron chi connectivity index (χ4n) is 1.82. The Morgan fingerprint density at radius 3 is 1.23 bits per heavy atom. The molecule has 0 N–H and O–H groups in total. The van der Waals surface area contributed by atoms with Gasteiger partial charge in [-0.25, -0.2) is 0 Å². The van der Waals surface area contributed by atoms with E-state index in [-0.39, 0.29) is 42.5 Å². The van der Waals surface area contributed by atoms with Gasteiger partial charge in [0.05, 0.1) is 0 Å². The Bertz CT molecular complexity index is 257. The predicted octanol–water partition coefficient (Wildman–Crippen LogP) is 8.78. The Morgan fingerprint density at radius 2 is 1.08 bits per heavy atom. The summed E-state index contributed by atoms with van der Waals surface area (Å²) >= 11 is 0. The maximum atomic E-state index is 2.46. The first-order chi connectivity index (χ1) is 10.6. The summed E-state index contributed by atoms with van der Waals surface area (Å²) in [6, 6.07) is 0. The van der Waals surface area contributed by atoms with E-state index in [0.29, 0.717) is 11.3 Å². The van der Waals surface area contributed by atoms with Crippen LogP contribution in [0.5, 0.6) is 0 Å². The largest absolute Gasteiger partial charge is 2.00 e. The second kappa shape index (κ2) is 19.5. The topological polar surface area (TPSA) is 0 Å². The summed E-state index contributed by atoms with van der Waals surface area (Å²) in [6.07, 6.45) is 7.26. The van der Waals surface area contributed by atoms with Gasteiger partial charge in [0.15, 0.2) is 0 Å². The second-order valence-corrected chi connectivity index (χ2v) is 9.26. The van der Waals surface area contributed by atoms with Gasteiger partial charge in [0.1, 0.15) is 0 Å². The molecule has 0 rings (SSSR count). The summed E-state index contributed by atoms with van der Waals surface area (Å²) in [4.78, 5) is 0. The molecule has 0 aromatic rings. The van der Waals surface area contributed by atoms with Crippen LogP contribution in [-0.2, 0) is 37.1 Å². The molecule has 0 nitrogen and oxygen atoms in total. The third kappa shape index (κ3) is 23.2. The summed E-state index contributed by atoms with van der Waals surface area (Å²) in [5.74, 6) is 4.45. The number of hydrogen-bond donors (Lipinski definition) is 0. The molecule has 0 unspecified atom stereocenters. The molecular weight excluding hydrogens is 390 g/mol. The van der Waals surface area contributed by atoms with Crippen molar-refractivity contribution in [3.8, 4) is 0 Å². The minimum atomic E-state index is 0. The molecule has 0 spiro atoms. The van der Waals surface area contributed by atoms with Crippen LogP contribution in [0, 0.1) is 47.3 Å². The first-order valence-electron chi connectivity index (χ1n) is 9.93. The van der Waals surface area contributed by atoms with Crippen molar-refractivity contribution in [2.75, 3.05) is 0 Å². The summed E-state index contributed by atoms with van der Waals surface area (Å²) in [5, 5.41) is 0. The van der Waals surface area contributed by atoms with Crippen LogP contribution in [0.25, 0.3) is 0 Å². The molecule has 2 radical (unpaired) electrons. The second-order valence-electron chi connectivity index (χ2n) is 9.26. The van der Waals surface area contributed by atoms with E-state index >= 15 is 0 Å². The average Bonchev–Trinajstić information content (AvgIpc) is 2.38. The zero-order valence-corrected chi connectivity index (χ0v) is 23.4. The standard InChI is InChI=1S/C13H26.C6H13.C5H11.2V/c1-8-9-12(4,5)13(6,7)10-11(2)3;1-5(2)6(3)4;1-4-5(2)3;;/h9-11H,8H2,1-7H3;5H,1-4H3;4H2,1-3H3;;/q-2;2*-1;2*+2. The number of rotatable bonds is 7. The van der Waals surface area contributed by atoms with E-state index in [1.54, 1.807) is 0 Å². The minimum Gasteiger partial charge on any atom is -0.325 e. The van der Waals surface area contributed by atoms with Crippen LogP contribution in [-0.4, -0.2) is 0 Å². The quantitative estimate of drug-likeness (QED) is 0.347. The molecule has 0 bridgehead atoms. The van der Waals surface area contributed by atoms with Crippen molar-refractivity contribution in [1.29, 1.82) is 0 Å². The van der Waals surface area contributed by atoms with Crippen molar-refractivity contribution < 1.29 is 37.1 Å². The van der Waals surface area contributed by atoms with Crippen molar-refractivity contribution in [2.45, 2.75) is 110 Å². The molecule has 2 heteroatoms. The van der Waals surface area contributed by atoms with E-state index in [1.165, 1.54) is 18.3 Å². The van der Waals surface area contributed by atoms with Crippen LogP contribution in [0.3, 0.4) is 0 Å². The summed E-state index contributed by atoms with van der Waals surface area (Å²) < 4.78 is 0. The third-order valence-electron chi connectivity index (χ3n) is 4.99. The van der Waals surface area contributed by atoms with E-state index in [1.807, 2.05) is 0 Å². The first-order valence-corrected chi connectivity index (χ1v) is 9.93. The van der Waals surface area contributed by atoms with Gasteiger partial charge >= 0.3 is 37.1 Å². The van der Waals surface area contributed by atoms with Gasteiger partial charge < -0.3 is 24.7 Å². The van der Waals surface area contributed by atoms with E-state index in [4.69, 9.17) is 0 Å². The Hall–Kier alpha value is 1.17. The Kier molecular flexibility index (Phi) is 28.4. The fraction of sp³-hybridized carbons (Fsp3) is 0.833. The van der Waals surface area contributed by atoms with Gasteiger partial charge in [-0.05, 0) is 0 Å². The van der Waals surface area contributed by atoms with Crippen LogP contribution in [0.1, 0.15) is 110 Å². The summed E-state index contributed by atoms with van der Waals surface area (Å²) in [5.41, 5.74) is 0.587. The van der Waals surface area contributed by atoms with Crippen molar-refractivity contribution in [2.24, 2.45) is 22.7 Å². The molecule has 0 aliphatic heterocycles. The van der Waals surface area contributed by atoms with Crippen molar-refractivity contribution in [3.05, 3.63) is 24.7 Å². The van der Waals surface area contributed by atoms with Crippen LogP contribution < -0.4 is 0 Å². The Morgan fingerprint density at radius 1 is 0.769 bits per heavy atom.